The summed E-state index contributed by atoms with van der Waals surface area (Å²) in [6.07, 6.45) is 2.01. The molecule has 4 rings (SSSR count). The smallest absolute Gasteiger partial charge is 0.200 e. The number of carbonyl (C=O) groups excluding carboxylic acids is 2. The topological polar surface area (TPSA) is 101 Å². The van der Waals surface area contributed by atoms with Gasteiger partial charge < -0.3 is 15.9 Å². The van der Waals surface area contributed by atoms with Gasteiger partial charge in [-0.3, -0.25) is 9.59 Å². The highest BCUT2D eigenvalue weighted by Crippen LogP contribution is 2.46. The zero-order valence-corrected chi connectivity index (χ0v) is 13.2. The second kappa shape index (κ2) is 4.84. The van der Waals surface area contributed by atoms with Gasteiger partial charge in [-0.15, -0.1) is 0 Å². The van der Waals surface area contributed by atoms with E-state index in [9.17, 15) is 19.8 Å². The Balaban J connectivity index is 2.07. The number of nitrogens with two attached hydrogens (primary N) is 1. The lowest BCUT2D eigenvalue weighted by atomic mass is 9.76. The van der Waals surface area contributed by atoms with Gasteiger partial charge in [-0.1, -0.05) is 19.1 Å². The molecular formula is C19H17NO4. The summed E-state index contributed by atoms with van der Waals surface area (Å²) in [5.74, 6) is -0.987. The van der Waals surface area contributed by atoms with Crippen molar-refractivity contribution in [1.29, 1.82) is 0 Å². The summed E-state index contributed by atoms with van der Waals surface area (Å²) in [4.78, 5) is 25.8. The van der Waals surface area contributed by atoms with Crippen LogP contribution in [0.4, 0.5) is 5.69 Å². The Morgan fingerprint density at radius 3 is 2.42 bits per heavy atom. The monoisotopic (exact) mass is 323 g/mol. The van der Waals surface area contributed by atoms with Crippen LogP contribution in [0.5, 0.6) is 11.5 Å². The molecule has 122 valence electrons. The molecule has 0 saturated carbocycles. The molecule has 0 amide bonds. The van der Waals surface area contributed by atoms with Crippen molar-refractivity contribution in [2.24, 2.45) is 5.92 Å². The van der Waals surface area contributed by atoms with Crippen LogP contribution in [0.2, 0.25) is 0 Å². The molecule has 2 aromatic carbocycles. The highest BCUT2D eigenvalue weighted by Gasteiger charge is 2.39. The summed E-state index contributed by atoms with van der Waals surface area (Å²) in [5.41, 5.74) is 7.30. The maximum atomic E-state index is 12.9. The van der Waals surface area contributed by atoms with Crippen LogP contribution in [0.3, 0.4) is 0 Å². The lowest BCUT2D eigenvalue weighted by molar-refractivity contribution is 0.0974. The SMILES string of the molecule is CC1CCc2c(O)c3c(c(O)c2C1)C(=O)c1cccc(N)c1C3=O. The molecule has 1 unspecified atom stereocenters. The van der Waals surface area contributed by atoms with E-state index in [4.69, 9.17) is 5.73 Å². The van der Waals surface area contributed by atoms with Gasteiger partial charge in [0.1, 0.15) is 11.5 Å². The Morgan fingerprint density at radius 2 is 1.67 bits per heavy atom. The fourth-order valence-electron chi connectivity index (χ4n) is 3.87. The lowest BCUT2D eigenvalue weighted by Gasteiger charge is -2.28. The molecule has 0 bridgehead atoms. The first-order chi connectivity index (χ1) is 11.4. The van der Waals surface area contributed by atoms with Gasteiger partial charge in [0.15, 0.2) is 11.6 Å². The van der Waals surface area contributed by atoms with Crippen molar-refractivity contribution in [3.63, 3.8) is 0 Å². The van der Waals surface area contributed by atoms with Crippen molar-refractivity contribution in [2.45, 2.75) is 26.2 Å². The number of rotatable bonds is 0. The average Bonchev–Trinajstić information content (AvgIpc) is 2.55. The van der Waals surface area contributed by atoms with Crippen molar-refractivity contribution in [3.05, 3.63) is 51.6 Å². The number of phenols is 2. The van der Waals surface area contributed by atoms with Crippen LogP contribution in [0.15, 0.2) is 18.2 Å². The number of anilines is 1. The Kier molecular flexibility index (Phi) is 2.97. The number of benzene rings is 2. The molecule has 5 nitrogen and oxygen atoms in total. The fourth-order valence-corrected chi connectivity index (χ4v) is 3.87. The first kappa shape index (κ1) is 14.8. The number of hydrogen-bond donors (Lipinski definition) is 3. The van der Waals surface area contributed by atoms with Crippen LogP contribution in [-0.4, -0.2) is 21.8 Å². The summed E-state index contributed by atoms with van der Waals surface area (Å²) in [7, 11) is 0. The molecule has 24 heavy (non-hydrogen) atoms. The van der Waals surface area contributed by atoms with E-state index < -0.39 is 11.6 Å². The maximum Gasteiger partial charge on any atom is 0.200 e. The summed E-state index contributed by atoms with van der Waals surface area (Å²) in [6.45, 7) is 2.06. The van der Waals surface area contributed by atoms with E-state index in [0.29, 0.717) is 29.9 Å². The Hall–Kier alpha value is -2.82. The van der Waals surface area contributed by atoms with Crippen LogP contribution in [0.1, 0.15) is 56.3 Å². The Bertz CT molecular complexity index is 930. The van der Waals surface area contributed by atoms with Gasteiger partial charge in [0.2, 0.25) is 0 Å². The first-order valence-electron chi connectivity index (χ1n) is 7.99. The van der Waals surface area contributed by atoms with E-state index in [1.807, 2.05) is 0 Å². The maximum absolute atomic E-state index is 12.9. The minimum absolute atomic E-state index is 0.0940. The van der Waals surface area contributed by atoms with Crippen molar-refractivity contribution in [1.82, 2.24) is 0 Å². The molecule has 2 aliphatic carbocycles. The normalized spacial score (nSPS) is 18.8. The van der Waals surface area contributed by atoms with Crippen molar-refractivity contribution < 1.29 is 19.8 Å². The van der Waals surface area contributed by atoms with E-state index in [1.54, 1.807) is 12.1 Å². The first-order valence-corrected chi connectivity index (χ1v) is 7.99. The van der Waals surface area contributed by atoms with Crippen LogP contribution in [-0.2, 0) is 12.8 Å². The highest BCUT2D eigenvalue weighted by molar-refractivity contribution is 6.32. The molecular weight excluding hydrogens is 306 g/mol. The minimum Gasteiger partial charge on any atom is -0.507 e. The number of carbonyl (C=O) groups is 2. The number of fused-ring (bicyclic) bond motifs is 3. The summed E-state index contributed by atoms with van der Waals surface area (Å²) >= 11 is 0. The van der Waals surface area contributed by atoms with E-state index in [0.717, 1.165) is 6.42 Å². The number of ketones is 2. The lowest BCUT2D eigenvalue weighted by Crippen LogP contribution is -2.25. The van der Waals surface area contributed by atoms with Gasteiger partial charge in [0, 0.05) is 22.4 Å². The molecule has 0 heterocycles. The van der Waals surface area contributed by atoms with Crippen LogP contribution in [0.25, 0.3) is 0 Å². The zero-order chi connectivity index (χ0) is 17.2. The molecule has 0 aliphatic heterocycles. The number of nitrogen functional groups attached to an aromatic ring is 1. The van der Waals surface area contributed by atoms with Gasteiger partial charge in [-0.25, -0.2) is 0 Å². The van der Waals surface area contributed by atoms with E-state index >= 15 is 0 Å². The molecule has 0 fully saturated rings. The molecule has 0 aromatic heterocycles. The quantitative estimate of drug-likeness (QED) is 0.436. The molecule has 2 aromatic rings. The van der Waals surface area contributed by atoms with Crippen LogP contribution in [0, 0.1) is 5.92 Å². The summed E-state index contributed by atoms with van der Waals surface area (Å²) in [6, 6.07) is 4.67. The largest absolute Gasteiger partial charge is 0.507 e. The summed E-state index contributed by atoms with van der Waals surface area (Å²) < 4.78 is 0. The third-order valence-corrected chi connectivity index (χ3v) is 5.12. The average molecular weight is 323 g/mol. The molecule has 5 heteroatoms. The molecule has 1 atom stereocenters. The second-order valence-corrected chi connectivity index (χ2v) is 6.68. The van der Waals surface area contributed by atoms with Crippen LogP contribution < -0.4 is 5.73 Å². The second-order valence-electron chi connectivity index (χ2n) is 6.68. The standard InChI is InChI=1S/C19H17NO4/c1-8-5-6-9-11(7-8)18(23)14-15(16(9)21)19(24)13-10(17(14)22)3-2-4-12(13)20/h2-4,8,21,23H,5-7,20H2,1H3. The predicted molar refractivity (Wildman–Crippen MR) is 88.7 cm³/mol. The Labute approximate surface area is 138 Å². The van der Waals surface area contributed by atoms with Crippen LogP contribution >= 0.6 is 0 Å². The number of hydrogen-bond acceptors (Lipinski definition) is 5. The minimum atomic E-state index is -0.507. The molecule has 0 spiro atoms. The van der Waals surface area contributed by atoms with E-state index in [1.165, 1.54) is 6.07 Å². The van der Waals surface area contributed by atoms with Gasteiger partial charge >= 0.3 is 0 Å². The molecule has 4 N–H and O–H groups in total. The van der Waals surface area contributed by atoms with Crippen molar-refractivity contribution in [3.8, 4) is 11.5 Å². The third kappa shape index (κ3) is 1.75. The van der Waals surface area contributed by atoms with Crippen molar-refractivity contribution >= 4 is 17.3 Å². The molecule has 2 aliphatic rings. The van der Waals surface area contributed by atoms with Gasteiger partial charge in [0.25, 0.3) is 0 Å². The van der Waals surface area contributed by atoms with E-state index in [-0.39, 0.29) is 39.4 Å². The fraction of sp³-hybridized carbons (Fsp3) is 0.263. The zero-order valence-electron chi connectivity index (χ0n) is 13.2. The third-order valence-electron chi connectivity index (χ3n) is 5.12. The Morgan fingerprint density at radius 1 is 1.00 bits per heavy atom. The van der Waals surface area contributed by atoms with Crippen molar-refractivity contribution in [2.75, 3.05) is 5.73 Å². The highest BCUT2D eigenvalue weighted by atomic mass is 16.3. The summed E-state index contributed by atoms with van der Waals surface area (Å²) in [5, 5.41) is 21.4. The molecule has 0 saturated heterocycles. The van der Waals surface area contributed by atoms with E-state index in [2.05, 4.69) is 6.92 Å². The van der Waals surface area contributed by atoms with Gasteiger partial charge in [-0.2, -0.15) is 0 Å². The molecule has 0 radical (unpaired) electrons. The van der Waals surface area contributed by atoms with Gasteiger partial charge in [-0.05, 0) is 31.2 Å². The number of phenolic OH excluding ortho intramolecular Hbond substituents is 2. The van der Waals surface area contributed by atoms with Gasteiger partial charge in [0.05, 0.1) is 16.7 Å². The number of aromatic hydroxyl groups is 2. The predicted octanol–water partition coefficient (Wildman–Crippen LogP) is 2.58.